The SMILES string of the molecule is CC(C)C(C)(C)CNC(=O)c1ccccc1C#CCN. The minimum Gasteiger partial charge on any atom is -0.351 e. The molecule has 0 radical (unpaired) electrons. The molecule has 1 aromatic rings. The van der Waals surface area contributed by atoms with Crippen LogP contribution in [-0.2, 0) is 0 Å². The van der Waals surface area contributed by atoms with Crippen LogP contribution in [0.4, 0.5) is 0 Å². The van der Waals surface area contributed by atoms with Crippen LogP contribution in [0.15, 0.2) is 24.3 Å². The second-order valence-electron chi connectivity index (χ2n) is 5.88. The first-order valence-corrected chi connectivity index (χ1v) is 6.94. The number of hydrogen-bond acceptors (Lipinski definition) is 2. The summed E-state index contributed by atoms with van der Waals surface area (Å²) < 4.78 is 0. The van der Waals surface area contributed by atoms with Crippen molar-refractivity contribution in [1.82, 2.24) is 5.32 Å². The monoisotopic (exact) mass is 272 g/mol. The molecule has 1 amide bonds. The summed E-state index contributed by atoms with van der Waals surface area (Å²) in [5, 5.41) is 3.00. The van der Waals surface area contributed by atoms with Gasteiger partial charge in [0.05, 0.1) is 12.1 Å². The summed E-state index contributed by atoms with van der Waals surface area (Å²) >= 11 is 0. The van der Waals surface area contributed by atoms with Gasteiger partial charge in [0.25, 0.3) is 5.91 Å². The fourth-order valence-electron chi connectivity index (χ4n) is 1.54. The molecule has 1 aromatic carbocycles. The van der Waals surface area contributed by atoms with E-state index in [2.05, 4.69) is 44.9 Å². The summed E-state index contributed by atoms with van der Waals surface area (Å²) in [6.07, 6.45) is 0. The predicted molar refractivity (Wildman–Crippen MR) is 83.3 cm³/mol. The van der Waals surface area contributed by atoms with Gasteiger partial charge in [-0.25, -0.2) is 0 Å². The molecule has 0 fully saturated rings. The number of benzene rings is 1. The van der Waals surface area contributed by atoms with E-state index in [0.29, 0.717) is 18.0 Å². The van der Waals surface area contributed by atoms with Crippen molar-refractivity contribution in [1.29, 1.82) is 0 Å². The van der Waals surface area contributed by atoms with Crippen molar-refractivity contribution in [3.63, 3.8) is 0 Å². The van der Waals surface area contributed by atoms with Gasteiger partial charge in [-0.15, -0.1) is 0 Å². The van der Waals surface area contributed by atoms with E-state index < -0.39 is 0 Å². The molecular weight excluding hydrogens is 248 g/mol. The average Bonchev–Trinajstić information content (AvgIpc) is 2.42. The van der Waals surface area contributed by atoms with Crippen molar-refractivity contribution in [2.24, 2.45) is 17.1 Å². The lowest BCUT2D eigenvalue weighted by Crippen LogP contribution is -2.37. The maximum Gasteiger partial charge on any atom is 0.252 e. The van der Waals surface area contributed by atoms with E-state index in [9.17, 15) is 4.79 Å². The molecule has 0 atom stereocenters. The summed E-state index contributed by atoms with van der Waals surface area (Å²) in [6, 6.07) is 7.34. The molecule has 0 aliphatic carbocycles. The van der Waals surface area contributed by atoms with Gasteiger partial charge in [0.15, 0.2) is 0 Å². The Kier molecular flexibility index (Phi) is 5.79. The Morgan fingerprint density at radius 2 is 2.00 bits per heavy atom. The van der Waals surface area contributed by atoms with Gasteiger partial charge >= 0.3 is 0 Å². The van der Waals surface area contributed by atoms with Crippen LogP contribution in [-0.4, -0.2) is 19.0 Å². The minimum absolute atomic E-state index is 0.0630. The van der Waals surface area contributed by atoms with E-state index in [1.54, 1.807) is 6.07 Å². The van der Waals surface area contributed by atoms with Crippen LogP contribution < -0.4 is 11.1 Å². The van der Waals surface area contributed by atoms with Crippen LogP contribution >= 0.6 is 0 Å². The summed E-state index contributed by atoms with van der Waals surface area (Å²) in [6.45, 7) is 9.55. The fraction of sp³-hybridized carbons (Fsp3) is 0.471. The largest absolute Gasteiger partial charge is 0.351 e. The standard InChI is InChI=1S/C17H24N2O/c1-13(2)17(3,4)12-19-16(20)15-10-6-5-8-14(15)9-7-11-18/h5-6,8,10,13H,11-12,18H2,1-4H3,(H,19,20). The number of carbonyl (C=O) groups is 1. The molecule has 1 rings (SSSR count). The first-order valence-electron chi connectivity index (χ1n) is 6.94. The molecule has 0 aromatic heterocycles. The third kappa shape index (κ3) is 4.40. The van der Waals surface area contributed by atoms with Crippen molar-refractivity contribution in [3.8, 4) is 11.8 Å². The molecule has 0 saturated carbocycles. The number of rotatable bonds is 4. The van der Waals surface area contributed by atoms with Crippen LogP contribution in [0.3, 0.4) is 0 Å². The molecule has 108 valence electrons. The summed E-state index contributed by atoms with van der Waals surface area (Å²) in [4.78, 5) is 12.3. The lowest BCUT2D eigenvalue weighted by Gasteiger charge is -2.29. The van der Waals surface area contributed by atoms with Crippen molar-refractivity contribution >= 4 is 5.91 Å². The molecule has 0 aliphatic heterocycles. The van der Waals surface area contributed by atoms with Gasteiger partial charge in [-0.1, -0.05) is 51.7 Å². The molecule has 0 saturated heterocycles. The fourth-order valence-corrected chi connectivity index (χ4v) is 1.54. The number of nitrogens with two attached hydrogens (primary N) is 1. The molecule has 0 spiro atoms. The molecular formula is C17H24N2O. The van der Waals surface area contributed by atoms with Gasteiger partial charge in [-0.2, -0.15) is 0 Å². The summed E-state index contributed by atoms with van der Waals surface area (Å²) in [7, 11) is 0. The van der Waals surface area contributed by atoms with Crippen LogP contribution in [0.1, 0.15) is 43.6 Å². The van der Waals surface area contributed by atoms with Crippen molar-refractivity contribution in [2.75, 3.05) is 13.1 Å². The van der Waals surface area contributed by atoms with Gasteiger partial charge in [-0.3, -0.25) is 4.79 Å². The second kappa shape index (κ2) is 7.12. The molecule has 3 nitrogen and oxygen atoms in total. The van der Waals surface area contributed by atoms with Crippen LogP contribution in [0.2, 0.25) is 0 Å². The van der Waals surface area contributed by atoms with Gasteiger partial charge in [0, 0.05) is 12.1 Å². The second-order valence-corrected chi connectivity index (χ2v) is 5.88. The van der Waals surface area contributed by atoms with E-state index in [1.807, 2.05) is 18.2 Å². The van der Waals surface area contributed by atoms with E-state index in [4.69, 9.17) is 5.73 Å². The Balaban J connectivity index is 2.83. The third-order valence-electron chi connectivity index (χ3n) is 3.76. The molecule has 0 aliphatic rings. The van der Waals surface area contributed by atoms with Gasteiger partial charge in [0.1, 0.15) is 0 Å². The van der Waals surface area contributed by atoms with Crippen LogP contribution in [0.25, 0.3) is 0 Å². The topological polar surface area (TPSA) is 55.1 Å². The molecule has 20 heavy (non-hydrogen) atoms. The Hall–Kier alpha value is -1.79. The molecule has 3 N–H and O–H groups in total. The summed E-state index contributed by atoms with van der Waals surface area (Å²) in [5.74, 6) is 6.14. The van der Waals surface area contributed by atoms with Crippen LogP contribution in [0.5, 0.6) is 0 Å². The van der Waals surface area contributed by atoms with Crippen molar-refractivity contribution in [2.45, 2.75) is 27.7 Å². The van der Waals surface area contributed by atoms with Gasteiger partial charge in [0.2, 0.25) is 0 Å². The Labute approximate surface area is 121 Å². The highest BCUT2D eigenvalue weighted by molar-refractivity contribution is 5.96. The Bertz CT molecular complexity index is 521. The molecule has 3 heteroatoms. The average molecular weight is 272 g/mol. The highest BCUT2D eigenvalue weighted by Crippen LogP contribution is 2.24. The first kappa shape index (κ1) is 16.3. The third-order valence-corrected chi connectivity index (χ3v) is 3.76. The van der Waals surface area contributed by atoms with E-state index >= 15 is 0 Å². The zero-order valence-electron chi connectivity index (χ0n) is 12.8. The summed E-state index contributed by atoms with van der Waals surface area (Å²) in [5.41, 5.74) is 6.77. The highest BCUT2D eigenvalue weighted by Gasteiger charge is 2.23. The zero-order chi connectivity index (χ0) is 15.2. The maximum atomic E-state index is 12.3. The smallest absolute Gasteiger partial charge is 0.252 e. The quantitative estimate of drug-likeness (QED) is 0.827. The molecule has 0 unspecified atom stereocenters. The number of amides is 1. The normalized spacial score (nSPS) is 10.9. The van der Waals surface area contributed by atoms with Gasteiger partial charge < -0.3 is 11.1 Å². The Morgan fingerprint density at radius 1 is 1.35 bits per heavy atom. The molecule has 0 bridgehead atoms. The maximum absolute atomic E-state index is 12.3. The number of carbonyl (C=O) groups excluding carboxylic acids is 1. The van der Waals surface area contributed by atoms with E-state index in [-0.39, 0.29) is 17.9 Å². The van der Waals surface area contributed by atoms with Gasteiger partial charge in [-0.05, 0) is 23.5 Å². The van der Waals surface area contributed by atoms with Crippen molar-refractivity contribution < 1.29 is 4.79 Å². The van der Waals surface area contributed by atoms with E-state index in [0.717, 1.165) is 5.56 Å². The van der Waals surface area contributed by atoms with Crippen molar-refractivity contribution in [3.05, 3.63) is 35.4 Å². The lowest BCUT2D eigenvalue weighted by molar-refractivity contribution is 0.0924. The van der Waals surface area contributed by atoms with Crippen LogP contribution in [0, 0.1) is 23.2 Å². The first-order chi connectivity index (χ1) is 9.38. The highest BCUT2D eigenvalue weighted by atomic mass is 16.1. The zero-order valence-corrected chi connectivity index (χ0v) is 12.8. The Morgan fingerprint density at radius 3 is 2.60 bits per heavy atom. The predicted octanol–water partition coefficient (Wildman–Crippen LogP) is 2.41. The minimum atomic E-state index is -0.0827. The number of hydrogen-bond donors (Lipinski definition) is 2. The molecule has 0 heterocycles. The lowest BCUT2D eigenvalue weighted by atomic mass is 9.81. The van der Waals surface area contributed by atoms with E-state index in [1.165, 1.54) is 0 Å². The number of nitrogens with one attached hydrogen (secondary N) is 1.